The van der Waals surface area contributed by atoms with Crippen molar-refractivity contribution in [2.24, 2.45) is 5.92 Å². The van der Waals surface area contributed by atoms with Crippen LogP contribution in [0.5, 0.6) is 0 Å². The van der Waals surface area contributed by atoms with Crippen LogP contribution in [0.1, 0.15) is 58.3 Å². The molecule has 3 nitrogen and oxygen atoms in total. The normalized spacial score (nSPS) is 37.4. The van der Waals surface area contributed by atoms with Crippen molar-refractivity contribution < 1.29 is 5.11 Å². The van der Waals surface area contributed by atoms with Gasteiger partial charge in [-0.1, -0.05) is 13.3 Å². The Morgan fingerprint density at radius 2 is 1.95 bits per heavy atom. The Bertz CT molecular complexity index is 261. The Morgan fingerprint density at radius 3 is 2.58 bits per heavy atom. The first kappa shape index (κ1) is 15.3. The maximum Gasteiger partial charge on any atom is 0.0613 e. The van der Waals surface area contributed by atoms with Crippen molar-refractivity contribution in [3.8, 4) is 0 Å². The van der Waals surface area contributed by atoms with Gasteiger partial charge in [0.15, 0.2) is 0 Å². The molecule has 1 atom stereocenters. The van der Waals surface area contributed by atoms with Crippen molar-refractivity contribution in [2.45, 2.75) is 69.9 Å². The number of aliphatic hydroxyl groups excluding tert-OH is 1. The monoisotopic (exact) mass is 268 g/mol. The first-order valence-corrected chi connectivity index (χ1v) is 8.21. The van der Waals surface area contributed by atoms with E-state index in [2.05, 4.69) is 24.2 Å². The summed E-state index contributed by atoms with van der Waals surface area (Å²) < 4.78 is 0. The molecule has 2 fully saturated rings. The second kappa shape index (κ2) is 7.05. The summed E-state index contributed by atoms with van der Waals surface area (Å²) >= 11 is 0. The van der Waals surface area contributed by atoms with Gasteiger partial charge in [0.25, 0.3) is 0 Å². The molecule has 3 heteroatoms. The molecule has 0 aromatic rings. The lowest BCUT2D eigenvalue weighted by Crippen LogP contribution is -2.52. The average molecular weight is 268 g/mol. The molecule has 0 aromatic carbocycles. The summed E-state index contributed by atoms with van der Waals surface area (Å²) in [5.74, 6) is 0.839. The van der Waals surface area contributed by atoms with Gasteiger partial charge < -0.3 is 15.3 Å². The van der Waals surface area contributed by atoms with Gasteiger partial charge >= 0.3 is 0 Å². The molecule has 1 unspecified atom stereocenters. The molecule has 2 rings (SSSR count). The predicted molar refractivity (Wildman–Crippen MR) is 80.3 cm³/mol. The first-order valence-electron chi connectivity index (χ1n) is 8.21. The maximum absolute atomic E-state index is 9.74. The number of piperidine rings is 1. The second-order valence-electron chi connectivity index (χ2n) is 6.97. The largest absolute Gasteiger partial charge is 0.394 e. The van der Waals surface area contributed by atoms with E-state index in [-0.39, 0.29) is 5.54 Å². The van der Waals surface area contributed by atoms with E-state index in [9.17, 15) is 5.11 Å². The summed E-state index contributed by atoms with van der Waals surface area (Å²) in [7, 11) is 2.26. The van der Waals surface area contributed by atoms with Crippen LogP contribution in [0.4, 0.5) is 0 Å². The molecule has 19 heavy (non-hydrogen) atoms. The molecule has 0 radical (unpaired) electrons. The molecule has 1 saturated carbocycles. The molecule has 1 aliphatic heterocycles. The Hall–Kier alpha value is -0.120. The van der Waals surface area contributed by atoms with Crippen LogP contribution in [0.3, 0.4) is 0 Å². The van der Waals surface area contributed by atoms with Crippen LogP contribution in [-0.4, -0.2) is 48.3 Å². The highest BCUT2D eigenvalue weighted by Gasteiger charge is 2.33. The third-order valence-corrected chi connectivity index (χ3v) is 5.43. The number of nitrogens with one attached hydrogen (secondary N) is 1. The smallest absolute Gasteiger partial charge is 0.0613 e. The standard InChI is InChI=1S/C16H32N2O/c1-14-6-9-16(13-19,10-7-14)17-11-8-15-5-3-4-12-18(15)2/h14-15,17,19H,3-13H2,1-2H3. The van der Waals surface area contributed by atoms with Crippen LogP contribution in [0.15, 0.2) is 0 Å². The number of likely N-dealkylation sites (tertiary alicyclic amines) is 1. The molecule has 1 aliphatic carbocycles. The van der Waals surface area contributed by atoms with Gasteiger partial charge in [0.1, 0.15) is 0 Å². The number of hydrogen-bond donors (Lipinski definition) is 2. The van der Waals surface area contributed by atoms with Gasteiger partial charge in [0.05, 0.1) is 6.61 Å². The Morgan fingerprint density at radius 1 is 1.21 bits per heavy atom. The fraction of sp³-hybridized carbons (Fsp3) is 1.00. The van der Waals surface area contributed by atoms with Crippen LogP contribution in [0.2, 0.25) is 0 Å². The summed E-state index contributed by atoms with van der Waals surface area (Å²) in [5, 5.41) is 13.4. The van der Waals surface area contributed by atoms with Crippen molar-refractivity contribution in [3.05, 3.63) is 0 Å². The number of aliphatic hydroxyl groups is 1. The van der Waals surface area contributed by atoms with E-state index < -0.39 is 0 Å². The van der Waals surface area contributed by atoms with Crippen LogP contribution in [0, 0.1) is 5.92 Å². The molecule has 2 N–H and O–H groups in total. The summed E-state index contributed by atoms with van der Waals surface area (Å²) in [6.45, 7) is 4.95. The molecule has 0 bridgehead atoms. The van der Waals surface area contributed by atoms with E-state index in [4.69, 9.17) is 0 Å². The fourth-order valence-electron chi connectivity index (χ4n) is 3.72. The van der Waals surface area contributed by atoms with Crippen molar-refractivity contribution in [1.29, 1.82) is 0 Å². The lowest BCUT2D eigenvalue weighted by molar-refractivity contribution is 0.0995. The van der Waals surface area contributed by atoms with E-state index >= 15 is 0 Å². The Balaban J connectivity index is 1.73. The van der Waals surface area contributed by atoms with Crippen molar-refractivity contribution >= 4 is 0 Å². The summed E-state index contributed by atoms with van der Waals surface area (Å²) in [6, 6.07) is 0.750. The van der Waals surface area contributed by atoms with E-state index in [0.717, 1.165) is 31.3 Å². The Labute approximate surface area is 118 Å². The molecular formula is C16H32N2O. The lowest BCUT2D eigenvalue weighted by Gasteiger charge is -2.40. The highest BCUT2D eigenvalue weighted by molar-refractivity contribution is 4.92. The van der Waals surface area contributed by atoms with Gasteiger partial charge in [-0.25, -0.2) is 0 Å². The van der Waals surface area contributed by atoms with Gasteiger partial charge in [-0.05, 0) is 71.0 Å². The zero-order valence-corrected chi connectivity index (χ0v) is 12.8. The zero-order valence-electron chi connectivity index (χ0n) is 12.8. The number of rotatable bonds is 5. The van der Waals surface area contributed by atoms with Crippen molar-refractivity contribution in [2.75, 3.05) is 26.7 Å². The lowest BCUT2D eigenvalue weighted by atomic mass is 9.77. The van der Waals surface area contributed by atoms with Gasteiger partial charge in [0, 0.05) is 11.6 Å². The third kappa shape index (κ3) is 4.17. The predicted octanol–water partition coefficient (Wildman–Crippen LogP) is 2.39. The maximum atomic E-state index is 9.74. The van der Waals surface area contributed by atoms with Crippen LogP contribution >= 0.6 is 0 Å². The van der Waals surface area contributed by atoms with Gasteiger partial charge in [0.2, 0.25) is 0 Å². The van der Waals surface area contributed by atoms with E-state index in [1.165, 1.54) is 45.1 Å². The van der Waals surface area contributed by atoms with Gasteiger partial charge in [-0.2, -0.15) is 0 Å². The highest BCUT2D eigenvalue weighted by atomic mass is 16.3. The summed E-state index contributed by atoms with van der Waals surface area (Å²) in [6.07, 6.45) is 10.1. The average Bonchev–Trinajstić information content (AvgIpc) is 2.44. The first-order chi connectivity index (χ1) is 9.15. The van der Waals surface area contributed by atoms with Crippen LogP contribution in [-0.2, 0) is 0 Å². The van der Waals surface area contributed by atoms with E-state index in [1.54, 1.807) is 0 Å². The molecule has 0 spiro atoms. The quantitative estimate of drug-likeness (QED) is 0.803. The highest BCUT2D eigenvalue weighted by Crippen LogP contribution is 2.31. The number of hydrogen-bond acceptors (Lipinski definition) is 3. The minimum absolute atomic E-state index is 0.0275. The molecule has 0 aromatic heterocycles. The van der Waals surface area contributed by atoms with Crippen molar-refractivity contribution in [1.82, 2.24) is 10.2 Å². The SMILES string of the molecule is CC1CCC(CO)(NCCC2CCCCN2C)CC1. The minimum Gasteiger partial charge on any atom is -0.394 e. The second-order valence-corrected chi connectivity index (χ2v) is 6.97. The van der Waals surface area contributed by atoms with Gasteiger partial charge in [-0.3, -0.25) is 0 Å². The third-order valence-electron chi connectivity index (χ3n) is 5.43. The topological polar surface area (TPSA) is 35.5 Å². The van der Waals surface area contributed by atoms with Crippen molar-refractivity contribution in [3.63, 3.8) is 0 Å². The summed E-state index contributed by atoms with van der Waals surface area (Å²) in [4.78, 5) is 2.51. The molecule has 112 valence electrons. The van der Waals surface area contributed by atoms with E-state index in [1.807, 2.05) is 0 Å². The number of nitrogens with zero attached hydrogens (tertiary/aromatic N) is 1. The van der Waals surface area contributed by atoms with Gasteiger partial charge in [-0.15, -0.1) is 0 Å². The zero-order chi connectivity index (χ0) is 13.7. The summed E-state index contributed by atoms with van der Waals surface area (Å²) in [5.41, 5.74) is 0.0275. The van der Waals surface area contributed by atoms with Crippen LogP contribution < -0.4 is 5.32 Å². The Kier molecular flexibility index (Phi) is 5.67. The van der Waals surface area contributed by atoms with E-state index in [0.29, 0.717) is 6.61 Å². The van der Waals surface area contributed by atoms with Crippen LogP contribution in [0.25, 0.3) is 0 Å². The molecule has 0 amide bonds. The molecular weight excluding hydrogens is 236 g/mol. The molecule has 2 aliphatic rings. The molecule has 1 saturated heterocycles. The fourth-order valence-corrected chi connectivity index (χ4v) is 3.72. The minimum atomic E-state index is 0.0275. The molecule has 1 heterocycles.